The van der Waals surface area contributed by atoms with Gasteiger partial charge in [-0.15, -0.1) is 0 Å². The predicted molar refractivity (Wildman–Crippen MR) is 47.3 cm³/mol. The van der Waals surface area contributed by atoms with Crippen molar-refractivity contribution in [1.82, 2.24) is 15.5 Å². The van der Waals surface area contributed by atoms with Crippen LogP contribution in [0.1, 0.15) is 18.5 Å². The number of carbonyl (C=O) groups excluding carboxylic acids is 1. The van der Waals surface area contributed by atoms with E-state index in [1.165, 1.54) is 6.20 Å². The van der Waals surface area contributed by atoms with Crippen molar-refractivity contribution in [2.75, 3.05) is 7.05 Å². The van der Waals surface area contributed by atoms with Gasteiger partial charge < -0.3 is 10.4 Å². The summed E-state index contributed by atoms with van der Waals surface area (Å²) >= 11 is 0. The van der Waals surface area contributed by atoms with Crippen LogP contribution in [0, 0.1) is 0 Å². The number of hydrogen-bond acceptors (Lipinski definition) is 3. The van der Waals surface area contributed by atoms with Gasteiger partial charge in [-0.2, -0.15) is 5.10 Å². The Bertz CT molecular complexity index is 283. The number of H-pyrrole nitrogens is 1. The molecule has 0 saturated heterocycles. The normalized spacial score (nSPS) is 9.92. The predicted octanol–water partition coefficient (Wildman–Crippen LogP) is 0.184. The summed E-state index contributed by atoms with van der Waals surface area (Å²) in [5.74, 6) is 0.177. The average molecular weight is 183 g/mol. The second kappa shape index (κ2) is 4.49. The van der Waals surface area contributed by atoms with E-state index in [0.717, 1.165) is 0 Å². The maximum atomic E-state index is 10.8. The van der Waals surface area contributed by atoms with E-state index in [-0.39, 0.29) is 11.7 Å². The standard InChI is InChI=1S/C8H13N3O2/c1-9-8(13)4-2-3-6-7(12)5-10-11-6/h5,12H,2-4H2,1H3,(H,9,13)(H,10,11). The van der Waals surface area contributed by atoms with E-state index in [1.54, 1.807) is 7.05 Å². The third-order valence-corrected chi connectivity index (χ3v) is 1.80. The van der Waals surface area contributed by atoms with E-state index >= 15 is 0 Å². The first-order chi connectivity index (χ1) is 6.24. The molecule has 0 aromatic carbocycles. The number of aryl methyl sites for hydroxylation is 1. The summed E-state index contributed by atoms with van der Waals surface area (Å²) in [6.07, 6.45) is 3.17. The van der Waals surface area contributed by atoms with Crippen LogP contribution in [-0.2, 0) is 11.2 Å². The molecule has 0 aliphatic rings. The Hall–Kier alpha value is -1.52. The molecule has 0 fully saturated rings. The molecule has 5 nitrogen and oxygen atoms in total. The second-order valence-corrected chi connectivity index (χ2v) is 2.76. The van der Waals surface area contributed by atoms with Crippen LogP contribution in [0.25, 0.3) is 0 Å². The van der Waals surface area contributed by atoms with Gasteiger partial charge in [0.15, 0.2) is 5.75 Å². The first-order valence-corrected chi connectivity index (χ1v) is 4.16. The van der Waals surface area contributed by atoms with Crippen molar-refractivity contribution >= 4 is 5.91 Å². The molecule has 3 N–H and O–H groups in total. The fourth-order valence-corrected chi connectivity index (χ4v) is 1.04. The van der Waals surface area contributed by atoms with Crippen LogP contribution in [0.2, 0.25) is 0 Å². The first kappa shape index (κ1) is 9.57. The molecular weight excluding hydrogens is 170 g/mol. The van der Waals surface area contributed by atoms with Gasteiger partial charge in [0, 0.05) is 13.5 Å². The summed E-state index contributed by atoms with van der Waals surface area (Å²) < 4.78 is 0. The van der Waals surface area contributed by atoms with Gasteiger partial charge in [-0.3, -0.25) is 9.89 Å². The van der Waals surface area contributed by atoms with Crippen molar-refractivity contribution < 1.29 is 9.90 Å². The molecule has 0 unspecified atom stereocenters. The zero-order valence-corrected chi connectivity index (χ0v) is 7.50. The van der Waals surface area contributed by atoms with Crippen molar-refractivity contribution in [3.8, 4) is 5.75 Å². The zero-order valence-electron chi connectivity index (χ0n) is 7.50. The molecule has 1 heterocycles. The molecule has 0 aliphatic heterocycles. The SMILES string of the molecule is CNC(=O)CCCc1[nH]ncc1O. The third-order valence-electron chi connectivity index (χ3n) is 1.80. The number of rotatable bonds is 4. The number of nitrogens with zero attached hydrogens (tertiary/aromatic N) is 1. The van der Waals surface area contributed by atoms with E-state index in [9.17, 15) is 9.90 Å². The summed E-state index contributed by atoms with van der Waals surface area (Å²) in [7, 11) is 1.61. The summed E-state index contributed by atoms with van der Waals surface area (Å²) in [4.78, 5) is 10.8. The van der Waals surface area contributed by atoms with Gasteiger partial charge in [0.1, 0.15) is 0 Å². The minimum atomic E-state index is 0.0130. The average Bonchev–Trinajstić information content (AvgIpc) is 2.52. The number of carbonyl (C=O) groups is 1. The van der Waals surface area contributed by atoms with E-state index in [1.807, 2.05) is 0 Å². The van der Waals surface area contributed by atoms with Crippen LogP contribution in [0.5, 0.6) is 5.75 Å². The molecule has 1 aromatic heterocycles. The van der Waals surface area contributed by atoms with Gasteiger partial charge in [-0.05, 0) is 12.8 Å². The van der Waals surface area contributed by atoms with Crippen LogP contribution >= 0.6 is 0 Å². The topological polar surface area (TPSA) is 78.0 Å². The lowest BCUT2D eigenvalue weighted by Crippen LogP contribution is -2.17. The van der Waals surface area contributed by atoms with Crippen LogP contribution in [0.15, 0.2) is 6.20 Å². The molecule has 0 bridgehead atoms. The second-order valence-electron chi connectivity index (χ2n) is 2.76. The molecule has 0 atom stereocenters. The molecule has 13 heavy (non-hydrogen) atoms. The van der Waals surface area contributed by atoms with Crippen molar-refractivity contribution in [2.45, 2.75) is 19.3 Å². The minimum absolute atomic E-state index is 0.0130. The maximum absolute atomic E-state index is 10.8. The van der Waals surface area contributed by atoms with Gasteiger partial charge in [-0.25, -0.2) is 0 Å². The van der Waals surface area contributed by atoms with Gasteiger partial charge in [0.05, 0.1) is 11.9 Å². The Morgan fingerprint density at radius 2 is 2.54 bits per heavy atom. The van der Waals surface area contributed by atoms with E-state index < -0.39 is 0 Å². The van der Waals surface area contributed by atoms with Crippen LogP contribution < -0.4 is 5.32 Å². The molecule has 72 valence electrons. The number of aromatic nitrogens is 2. The van der Waals surface area contributed by atoms with Crippen molar-refractivity contribution in [2.24, 2.45) is 0 Å². The van der Waals surface area contributed by atoms with Crippen molar-refractivity contribution in [1.29, 1.82) is 0 Å². The summed E-state index contributed by atoms with van der Waals surface area (Å²) in [5.41, 5.74) is 0.684. The first-order valence-electron chi connectivity index (χ1n) is 4.16. The molecule has 5 heteroatoms. The molecular formula is C8H13N3O2. The fourth-order valence-electron chi connectivity index (χ4n) is 1.04. The van der Waals surface area contributed by atoms with Gasteiger partial charge in [0.2, 0.25) is 5.91 Å². The Balaban J connectivity index is 2.28. The van der Waals surface area contributed by atoms with Crippen molar-refractivity contribution in [3.05, 3.63) is 11.9 Å². The molecule has 0 spiro atoms. The highest BCUT2D eigenvalue weighted by Gasteiger charge is 2.03. The third kappa shape index (κ3) is 2.77. The van der Waals surface area contributed by atoms with Crippen LogP contribution in [0.4, 0.5) is 0 Å². The lowest BCUT2D eigenvalue weighted by Gasteiger charge is -1.98. The highest BCUT2D eigenvalue weighted by Crippen LogP contribution is 2.14. The molecule has 0 aliphatic carbocycles. The van der Waals surface area contributed by atoms with E-state index in [0.29, 0.717) is 25.0 Å². The number of hydrogen-bond donors (Lipinski definition) is 3. The maximum Gasteiger partial charge on any atom is 0.219 e. The summed E-state index contributed by atoms with van der Waals surface area (Å²) in [5, 5.41) is 18.0. The van der Waals surface area contributed by atoms with Gasteiger partial charge in [-0.1, -0.05) is 0 Å². The Morgan fingerprint density at radius 1 is 1.77 bits per heavy atom. The van der Waals surface area contributed by atoms with Crippen LogP contribution in [-0.4, -0.2) is 28.3 Å². The van der Waals surface area contributed by atoms with Crippen molar-refractivity contribution in [3.63, 3.8) is 0 Å². The quantitative estimate of drug-likeness (QED) is 0.623. The molecule has 0 radical (unpaired) electrons. The van der Waals surface area contributed by atoms with Gasteiger partial charge in [0.25, 0.3) is 0 Å². The Kier molecular flexibility index (Phi) is 3.31. The highest BCUT2D eigenvalue weighted by atomic mass is 16.3. The van der Waals surface area contributed by atoms with E-state index in [2.05, 4.69) is 15.5 Å². The molecule has 1 rings (SSSR count). The monoisotopic (exact) mass is 183 g/mol. The number of aromatic hydroxyl groups is 1. The Morgan fingerprint density at radius 3 is 3.08 bits per heavy atom. The smallest absolute Gasteiger partial charge is 0.219 e. The lowest BCUT2D eigenvalue weighted by atomic mass is 10.2. The molecule has 1 amide bonds. The largest absolute Gasteiger partial charge is 0.504 e. The highest BCUT2D eigenvalue weighted by molar-refractivity contribution is 5.75. The summed E-state index contributed by atoms with van der Waals surface area (Å²) in [6.45, 7) is 0. The molecule has 0 saturated carbocycles. The molecule has 1 aromatic rings. The fraction of sp³-hybridized carbons (Fsp3) is 0.500. The van der Waals surface area contributed by atoms with Gasteiger partial charge >= 0.3 is 0 Å². The number of aromatic amines is 1. The van der Waals surface area contributed by atoms with E-state index in [4.69, 9.17) is 0 Å². The number of amides is 1. The van der Waals surface area contributed by atoms with Crippen LogP contribution in [0.3, 0.4) is 0 Å². The number of nitrogens with one attached hydrogen (secondary N) is 2. The zero-order chi connectivity index (χ0) is 9.68. The summed E-state index contributed by atoms with van der Waals surface area (Å²) in [6, 6.07) is 0. The lowest BCUT2D eigenvalue weighted by molar-refractivity contribution is -0.120. The Labute approximate surface area is 76.2 Å². The minimum Gasteiger partial charge on any atom is -0.504 e.